The zero-order chi connectivity index (χ0) is 13.2. The van der Waals surface area contributed by atoms with E-state index in [-0.39, 0.29) is 5.69 Å². The smallest absolute Gasteiger partial charge is 0.176 e. The molecule has 0 radical (unpaired) electrons. The van der Waals surface area contributed by atoms with Gasteiger partial charge in [0.15, 0.2) is 11.4 Å². The van der Waals surface area contributed by atoms with Crippen LogP contribution in [-0.4, -0.2) is 9.55 Å². The van der Waals surface area contributed by atoms with Crippen molar-refractivity contribution in [3.63, 3.8) is 0 Å². The van der Waals surface area contributed by atoms with Gasteiger partial charge in [0.2, 0.25) is 0 Å². The van der Waals surface area contributed by atoms with Crippen LogP contribution in [0.3, 0.4) is 0 Å². The summed E-state index contributed by atoms with van der Waals surface area (Å²) < 4.78 is 1.80. The Hall–Kier alpha value is -2.59. The maximum absolute atomic E-state index is 9.13. The van der Waals surface area contributed by atoms with Crippen LogP contribution in [-0.2, 0) is 13.0 Å². The number of nitriles is 2. The number of aromatic nitrogens is 2. The molecule has 3 rings (SSSR count). The van der Waals surface area contributed by atoms with E-state index < -0.39 is 0 Å². The molecule has 4 heteroatoms. The summed E-state index contributed by atoms with van der Waals surface area (Å²) in [6, 6.07) is 12.5. The fraction of sp³-hybridized carbons (Fsp3) is 0.267. The van der Waals surface area contributed by atoms with Crippen LogP contribution < -0.4 is 0 Å². The van der Waals surface area contributed by atoms with E-state index in [1.807, 2.05) is 6.07 Å². The molecular weight excluding hydrogens is 236 g/mol. The Balaban J connectivity index is 1.91. The molecule has 1 aromatic carbocycles. The highest BCUT2D eigenvalue weighted by molar-refractivity contribution is 5.38. The largest absolute Gasteiger partial charge is 0.321 e. The second-order valence-electron chi connectivity index (χ2n) is 4.75. The predicted octanol–water partition coefficient (Wildman–Crippen LogP) is 2.36. The number of nitrogens with zero attached hydrogens (tertiary/aromatic N) is 4. The minimum Gasteiger partial charge on any atom is -0.321 e. The second kappa shape index (κ2) is 4.59. The summed E-state index contributed by atoms with van der Waals surface area (Å²) in [7, 11) is 0. The topological polar surface area (TPSA) is 65.4 Å². The molecule has 0 bridgehead atoms. The number of fused-ring (bicyclic) bond motifs is 1. The lowest BCUT2D eigenvalue weighted by atomic mass is 10.0. The van der Waals surface area contributed by atoms with E-state index in [4.69, 9.17) is 10.5 Å². The first-order valence-electron chi connectivity index (χ1n) is 6.26. The third-order valence-electron chi connectivity index (χ3n) is 3.72. The molecule has 1 atom stereocenters. The molecule has 1 aliphatic carbocycles. The number of hydrogen-bond acceptors (Lipinski definition) is 3. The van der Waals surface area contributed by atoms with Crippen LogP contribution in [0.2, 0.25) is 0 Å². The van der Waals surface area contributed by atoms with Gasteiger partial charge in [-0.2, -0.15) is 10.5 Å². The van der Waals surface area contributed by atoms with Crippen LogP contribution in [0.4, 0.5) is 0 Å². The monoisotopic (exact) mass is 248 g/mol. The number of imidazole rings is 1. The molecule has 0 amide bonds. The number of hydrogen-bond donors (Lipinski definition) is 0. The SMILES string of the molecule is N#Cc1ncn(C[C@H]2CCc3ccccc32)c1C#N. The molecule has 92 valence electrons. The third kappa shape index (κ3) is 1.88. The molecule has 0 saturated carbocycles. The summed E-state index contributed by atoms with van der Waals surface area (Å²) in [6.07, 6.45) is 3.77. The summed E-state index contributed by atoms with van der Waals surface area (Å²) in [5.41, 5.74) is 3.34. The molecular formula is C15H12N4. The van der Waals surface area contributed by atoms with Crippen LogP contribution in [0, 0.1) is 22.7 Å². The fourth-order valence-electron chi connectivity index (χ4n) is 2.79. The molecule has 1 aromatic heterocycles. The van der Waals surface area contributed by atoms with Gasteiger partial charge in [0.05, 0.1) is 6.33 Å². The number of rotatable bonds is 2. The van der Waals surface area contributed by atoms with Crippen molar-refractivity contribution in [3.8, 4) is 12.1 Å². The lowest BCUT2D eigenvalue weighted by Crippen LogP contribution is -2.07. The Bertz CT molecular complexity index is 700. The molecule has 0 aliphatic heterocycles. The van der Waals surface area contributed by atoms with Gasteiger partial charge in [0, 0.05) is 12.5 Å². The van der Waals surface area contributed by atoms with E-state index in [0.717, 1.165) is 12.8 Å². The number of benzene rings is 1. The summed E-state index contributed by atoms with van der Waals surface area (Å²) in [5, 5.41) is 18.0. The molecule has 2 aromatic rings. The first-order chi connectivity index (χ1) is 9.33. The first-order valence-corrected chi connectivity index (χ1v) is 6.26. The highest BCUT2D eigenvalue weighted by atomic mass is 15.1. The zero-order valence-corrected chi connectivity index (χ0v) is 10.4. The maximum atomic E-state index is 9.13. The summed E-state index contributed by atoms with van der Waals surface area (Å²) in [5.74, 6) is 0.407. The summed E-state index contributed by atoms with van der Waals surface area (Å²) >= 11 is 0. The minimum atomic E-state index is 0.216. The Morgan fingerprint density at radius 3 is 2.89 bits per heavy atom. The molecule has 4 nitrogen and oxygen atoms in total. The first kappa shape index (κ1) is 11.5. The van der Waals surface area contributed by atoms with Gasteiger partial charge in [-0.05, 0) is 24.0 Å². The van der Waals surface area contributed by atoms with Crippen molar-refractivity contribution in [2.24, 2.45) is 0 Å². The lowest BCUT2D eigenvalue weighted by molar-refractivity contribution is 0.552. The molecule has 0 N–H and O–H groups in total. The van der Waals surface area contributed by atoms with Crippen LogP contribution in [0.25, 0.3) is 0 Å². The molecule has 1 heterocycles. The molecule has 0 saturated heterocycles. The van der Waals surface area contributed by atoms with Crippen molar-refractivity contribution in [2.45, 2.75) is 25.3 Å². The highest BCUT2D eigenvalue weighted by Gasteiger charge is 2.23. The molecule has 1 aliphatic rings. The van der Waals surface area contributed by atoms with Gasteiger partial charge in [0.25, 0.3) is 0 Å². The standard InChI is InChI=1S/C15H12N4/c16-7-14-15(8-17)19(10-18-14)9-12-6-5-11-3-1-2-4-13(11)12/h1-4,10,12H,5-6,9H2/t12-/m1/s1. The van der Waals surface area contributed by atoms with Gasteiger partial charge in [0.1, 0.15) is 12.1 Å². The van der Waals surface area contributed by atoms with Crippen molar-refractivity contribution in [1.82, 2.24) is 9.55 Å². The van der Waals surface area contributed by atoms with Crippen LogP contribution in [0.15, 0.2) is 30.6 Å². The van der Waals surface area contributed by atoms with Crippen molar-refractivity contribution in [3.05, 3.63) is 53.1 Å². The van der Waals surface area contributed by atoms with Crippen LogP contribution >= 0.6 is 0 Å². The molecule has 0 fully saturated rings. The second-order valence-corrected chi connectivity index (χ2v) is 4.75. The van der Waals surface area contributed by atoms with Crippen molar-refractivity contribution in [2.75, 3.05) is 0 Å². The highest BCUT2D eigenvalue weighted by Crippen LogP contribution is 2.34. The summed E-state index contributed by atoms with van der Waals surface area (Å²) in [4.78, 5) is 3.98. The van der Waals surface area contributed by atoms with E-state index in [2.05, 4.69) is 35.3 Å². The van der Waals surface area contributed by atoms with Crippen LogP contribution in [0.1, 0.15) is 34.9 Å². The quantitative estimate of drug-likeness (QED) is 0.819. The van der Waals surface area contributed by atoms with Crippen molar-refractivity contribution in [1.29, 1.82) is 10.5 Å². The van der Waals surface area contributed by atoms with Gasteiger partial charge in [-0.1, -0.05) is 24.3 Å². The molecule has 19 heavy (non-hydrogen) atoms. The van der Waals surface area contributed by atoms with Gasteiger partial charge in [-0.25, -0.2) is 4.98 Å². The molecule has 0 unspecified atom stereocenters. The zero-order valence-electron chi connectivity index (χ0n) is 10.4. The van der Waals surface area contributed by atoms with Gasteiger partial charge in [-0.15, -0.1) is 0 Å². The summed E-state index contributed by atoms with van der Waals surface area (Å²) in [6.45, 7) is 0.717. The predicted molar refractivity (Wildman–Crippen MR) is 69.2 cm³/mol. The van der Waals surface area contributed by atoms with Gasteiger partial charge >= 0.3 is 0 Å². The minimum absolute atomic E-state index is 0.216. The normalized spacial score (nSPS) is 16.6. The van der Waals surface area contributed by atoms with E-state index in [0.29, 0.717) is 18.2 Å². The Kier molecular flexibility index (Phi) is 2.78. The maximum Gasteiger partial charge on any atom is 0.176 e. The average molecular weight is 248 g/mol. The van der Waals surface area contributed by atoms with E-state index in [1.165, 1.54) is 11.1 Å². The van der Waals surface area contributed by atoms with Crippen LogP contribution in [0.5, 0.6) is 0 Å². The van der Waals surface area contributed by atoms with E-state index in [1.54, 1.807) is 10.9 Å². The van der Waals surface area contributed by atoms with E-state index in [9.17, 15) is 0 Å². The van der Waals surface area contributed by atoms with Gasteiger partial charge in [-0.3, -0.25) is 0 Å². The third-order valence-corrected chi connectivity index (χ3v) is 3.72. The van der Waals surface area contributed by atoms with Crippen molar-refractivity contribution >= 4 is 0 Å². The Morgan fingerprint density at radius 2 is 2.11 bits per heavy atom. The van der Waals surface area contributed by atoms with Gasteiger partial charge < -0.3 is 4.57 Å². The Morgan fingerprint density at radius 1 is 1.26 bits per heavy atom. The lowest BCUT2D eigenvalue weighted by Gasteiger charge is -2.12. The molecule has 0 spiro atoms. The number of aryl methyl sites for hydroxylation is 1. The fourth-order valence-corrected chi connectivity index (χ4v) is 2.79. The van der Waals surface area contributed by atoms with Crippen molar-refractivity contribution < 1.29 is 0 Å². The van der Waals surface area contributed by atoms with E-state index >= 15 is 0 Å². The average Bonchev–Trinajstić information content (AvgIpc) is 3.03. The Labute approximate surface area is 111 Å².